The maximum atomic E-state index is 12.3. The van der Waals surface area contributed by atoms with E-state index in [0.29, 0.717) is 24.3 Å². The number of anilines is 1. The zero-order valence-electron chi connectivity index (χ0n) is 12.2. The summed E-state index contributed by atoms with van der Waals surface area (Å²) >= 11 is 0. The summed E-state index contributed by atoms with van der Waals surface area (Å²) in [5, 5.41) is 12.2. The van der Waals surface area contributed by atoms with Gasteiger partial charge in [-0.25, -0.2) is 4.79 Å². The molecule has 0 saturated carbocycles. The van der Waals surface area contributed by atoms with Gasteiger partial charge in [-0.05, 0) is 25.0 Å². The van der Waals surface area contributed by atoms with Crippen LogP contribution in [0.1, 0.15) is 24.8 Å². The fourth-order valence-corrected chi connectivity index (χ4v) is 2.47. The van der Waals surface area contributed by atoms with E-state index in [0.717, 1.165) is 0 Å². The predicted octanol–water partition coefficient (Wildman–Crippen LogP) is 1.81. The number of methoxy groups -OCH3 is 1. The lowest BCUT2D eigenvalue weighted by Gasteiger charge is -2.21. The second kappa shape index (κ2) is 6.58. The van der Waals surface area contributed by atoms with E-state index in [2.05, 4.69) is 5.32 Å². The first-order valence-corrected chi connectivity index (χ1v) is 6.93. The summed E-state index contributed by atoms with van der Waals surface area (Å²) in [5.41, 5.74) is 1.35. The lowest BCUT2D eigenvalue weighted by Crippen LogP contribution is -2.44. The Morgan fingerprint density at radius 3 is 2.86 bits per heavy atom. The van der Waals surface area contributed by atoms with Gasteiger partial charge in [0, 0.05) is 32.0 Å². The third kappa shape index (κ3) is 3.33. The van der Waals surface area contributed by atoms with Crippen LogP contribution < -0.4 is 10.2 Å². The number of para-hydroxylation sites is 1. The lowest BCUT2D eigenvalue weighted by atomic mass is 10.0. The van der Waals surface area contributed by atoms with Crippen molar-refractivity contribution in [3.05, 3.63) is 29.8 Å². The highest BCUT2D eigenvalue weighted by molar-refractivity contribution is 5.98. The third-order valence-electron chi connectivity index (χ3n) is 3.64. The van der Waals surface area contributed by atoms with Crippen molar-refractivity contribution < 1.29 is 19.4 Å². The normalized spacial score (nSPS) is 18.2. The molecule has 2 rings (SSSR count). The van der Waals surface area contributed by atoms with E-state index >= 15 is 0 Å². The molecule has 1 aromatic rings. The topological polar surface area (TPSA) is 78.9 Å². The van der Waals surface area contributed by atoms with Crippen LogP contribution in [0.15, 0.2) is 24.3 Å². The van der Waals surface area contributed by atoms with E-state index in [1.54, 1.807) is 31.4 Å². The number of hydrogen-bond donors (Lipinski definition) is 2. The Morgan fingerprint density at radius 1 is 1.48 bits per heavy atom. The van der Waals surface area contributed by atoms with E-state index in [1.807, 2.05) is 6.92 Å². The number of carboxylic acid groups (broad SMARTS) is 1. The number of nitrogens with zero attached hydrogens (tertiary/aromatic N) is 1. The number of urea groups is 1. The van der Waals surface area contributed by atoms with E-state index in [4.69, 9.17) is 4.74 Å². The van der Waals surface area contributed by atoms with Gasteiger partial charge in [0.05, 0.1) is 0 Å². The van der Waals surface area contributed by atoms with Crippen LogP contribution in [0.5, 0.6) is 0 Å². The smallest absolute Gasteiger partial charge is 0.322 e. The van der Waals surface area contributed by atoms with E-state index in [1.165, 1.54) is 4.90 Å². The van der Waals surface area contributed by atoms with Gasteiger partial charge in [-0.2, -0.15) is 0 Å². The molecule has 1 aliphatic rings. The first-order chi connectivity index (χ1) is 10.0. The number of nitrogens with one attached hydrogen (secondary N) is 1. The average molecular weight is 292 g/mol. The second-order valence-electron chi connectivity index (χ2n) is 5.19. The molecular weight excluding hydrogens is 272 g/mol. The Hall–Kier alpha value is -2.08. The van der Waals surface area contributed by atoms with Crippen molar-refractivity contribution in [1.82, 2.24) is 5.32 Å². The van der Waals surface area contributed by atoms with Gasteiger partial charge in [-0.1, -0.05) is 18.2 Å². The second-order valence-corrected chi connectivity index (χ2v) is 5.19. The molecule has 1 heterocycles. The summed E-state index contributed by atoms with van der Waals surface area (Å²) < 4.78 is 4.98. The molecule has 0 radical (unpaired) electrons. The maximum Gasteiger partial charge on any atom is 0.322 e. The molecule has 0 spiro atoms. The van der Waals surface area contributed by atoms with Gasteiger partial charge in [0.1, 0.15) is 5.92 Å². The fraction of sp³-hybridized carbons (Fsp3) is 0.467. The van der Waals surface area contributed by atoms with Crippen molar-refractivity contribution in [1.29, 1.82) is 0 Å². The van der Waals surface area contributed by atoms with Gasteiger partial charge < -0.3 is 15.2 Å². The number of amides is 2. The maximum absolute atomic E-state index is 12.3. The van der Waals surface area contributed by atoms with Crippen molar-refractivity contribution in [3.63, 3.8) is 0 Å². The Balaban J connectivity index is 2.11. The van der Waals surface area contributed by atoms with Crippen LogP contribution in [0.2, 0.25) is 0 Å². The van der Waals surface area contributed by atoms with Gasteiger partial charge in [-0.15, -0.1) is 0 Å². The summed E-state index contributed by atoms with van der Waals surface area (Å²) in [4.78, 5) is 25.1. The lowest BCUT2D eigenvalue weighted by molar-refractivity contribution is -0.138. The third-order valence-corrected chi connectivity index (χ3v) is 3.64. The number of rotatable bonds is 5. The minimum atomic E-state index is -0.912. The molecule has 0 saturated heterocycles. The van der Waals surface area contributed by atoms with Crippen LogP contribution in [-0.4, -0.2) is 43.4 Å². The standard InChI is InChI=1S/C15H20N2O4/c1-10(7-8-21-2)16-15(20)17-9-12(14(18)19)11-5-3-4-6-13(11)17/h3-6,10,12H,7-9H2,1-2H3,(H,16,20)(H,18,19). The van der Waals surface area contributed by atoms with Gasteiger partial charge >= 0.3 is 12.0 Å². The summed E-state index contributed by atoms with van der Waals surface area (Å²) in [7, 11) is 1.61. The highest BCUT2D eigenvalue weighted by atomic mass is 16.5. The van der Waals surface area contributed by atoms with Crippen LogP contribution in [0.3, 0.4) is 0 Å². The fourth-order valence-electron chi connectivity index (χ4n) is 2.47. The number of fused-ring (bicyclic) bond motifs is 1. The molecule has 6 heteroatoms. The number of hydrogen-bond acceptors (Lipinski definition) is 3. The summed E-state index contributed by atoms with van der Waals surface area (Å²) in [6.45, 7) is 2.63. The summed E-state index contributed by atoms with van der Waals surface area (Å²) in [6.07, 6.45) is 0.708. The highest BCUT2D eigenvalue weighted by Crippen LogP contribution is 2.36. The number of carboxylic acids is 1. The number of carbonyl (C=O) groups is 2. The van der Waals surface area contributed by atoms with E-state index < -0.39 is 11.9 Å². The number of carbonyl (C=O) groups excluding carboxylic acids is 1. The SMILES string of the molecule is COCCC(C)NC(=O)N1CC(C(=O)O)c2ccccc21. The van der Waals surface area contributed by atoms with Crippen LogP contribution >= 0.6 is 0 Å². The molecule has 1 aliphatic heterocycles. The van der Waals surface area contributed by atoms with Crippen molar-refractivity contribution in [2.24, 2.45) is 0 Å². The number of benzene rings is 1. The molecule has 0 aromatic heterocycles. The van der Waals surface area contributed by atoms with Crippen molar-refractivity contribution in [3.8, 4) is 0 Å². The Morgan fingerprint density at radius 2 is 2.19 bits per heavy atom. The molecule has 6 nitrogen and oxygen atoms in total. The molecule has 21 heavy (non-hydrogen) atoms. The predicted molar refractivity (Wildman–Crippen MR) is 78.7 cm³/mol. The molecule has 0 bridgehead atoms. The zero-order valence-corrected chi connectivity index (χ0v) is 12.2. The average Bonchev–Trinajstić information content (AvgIpc) is 2.85. The minimum Gasteiger partial charge on any atom is -0.481 e. The van der Waals surface area contributed by atoms with Crippen LogP contribution in [0.25, 0.3) is 0 Å². The van der Waals surface area contributed by atoms with Gasteiger partial charge in [0.25, 0.3) is 0 Å². The Bertz CT molecular complexity index is 532. The van der Waals surface area contributed by atoms with Gasteiger partial charge in [-0.3, -0.25) is 9.69 Å². The highest BCUT2D eigenvalue weighted by Gasteiger charge is 2.36. The molecule has 0 aliphatic carbocycles. The molecule has 0 fully saturated rings. The van der Waals surface area contributed by atoms with Crippen LogP contribution in [-0.2, 0) is 9.53 Å². The van der Waals surface area contributed by atoms with Crippen LogP contribution in [0.4, 0.5) is 10.5 Å². The Labute approximate surface area is 123 Å². The van der Waals surface area contributed by atoms with Crippen LogP contribution in [0, 0.1) is 0 Å². The molecule has 1 aromatic carbocycles. The van der Waals surface area contributed by atoms with Crippen molar-refractivity contribution >= 4 is 17.7 Å². The summed E-state index contributed by atoms with van der Waals surface area (Å²) in [5.74, 6) is -1.58. The molecule has 2 N–H and O–H groups in total. The number of ether oxygens (including phenoxy) is 1. The van der Waals surface area contributed by atoms with Crippen molar-refractivity contribution in [2.75, 3.05) is 25.2 Å². The molecular formula is C15H20N2O4. The largest absolute Gasteiger partial charge is 0.481 e. The summed E-state index contributed by atoms with van der Waals surface area (Å²) in [6, 6.07) is 6.82. The zero-order chi connectivity index (χ0) is 15.4. The minimum absolute atomic E-state index is 0.0338. The number of aliphatic carboxylic acids is 1. The van der Waals surface area contributed by atoms with Gasteiger partial charge in [0.15, 0.2) is 0 Å². The molecule has 2 atom stereocenters. The first-order valence-electron chi connectivity index (χ1n) is 6.93. The quantitative estimate of drug-likeness (QED) is 0.867. The van der Waals surface area contributed by atoms with E-state index in [-0.39, 0.29) is 18.6 Å². The monoisotopic (exact) mass is 292 g/mol. The molecule has 2 amide bonds. The Kier molecular flexibility index (Phi) is 4.80. The molecule has 114 valence electrons. The molecule has 2 unspecified atom stereocenters. The van der Waals surface area contributed by atoms with Crippen molar-refractivity contribution in [2.45, 2.75) is 25.3 Å². The van der Waals surface area contributed by atoms with Gasteiger partial charge in [0.2, 0.25) is 0 Å². The van der Waals surface area contributed by atoms with E-state index in [9.17, 15) is 14.7 Å². The first kappa shape index (κ1) is 15.3.